The van der Waals surface area contributed by atoms with Crippen molar-refractivity contribution in [2.45, 2.75) is 25.4 Å². The first-order chi connectivity index (χ1) is 14.2. The molecular formula is C20H23N3O6. The highest BCUT2D eigenvalue weighted by atomic mass is 17.3. The first-order valence-corrected chi connectivity index (χ1v) is 9.14. The van der Waals surface area contributed by atoms with Gasteiger partial charge in [0, 0.05) is 0 Å². The van der Waals surface area contributed by atoms with E-state index >= 15 is 0 Å². The second-order valence-corrected chi connectivity index (χ2v) is 6.25. The number of carbonyl (C=O) groups excluding carboxylic acids is 2. The van der Waals surface area contributed by atoms with Crippen LogP contribution < -0.4 is 16.2 Å². The molecule has 0 radical (unpaired) electrons. The van der Waals surface area contributed by atoms with Crippen molar-refractivity contribution in [3.8, 4) is 0 Å². The zero-order valence-corrected chi connectivity index (χ0v) is 15.7. The van der Waals surface area contributed by atoms with Gasteiger partial charge in [0.05, 0.1) is 6.54 Å². The van der Waals surface area contributed by atoms with Crippen molar-refractivity contribution < 1.29 is 28.8 Å². The second-order valence-electron chi connectivity index (χ2n) is 6.25. The molecule has 2 amide bonds. The number of nitrogens with one attached hydrogen (secondary N) is 3. The summed E-state index contributed by atoms with van der Waals surface area (Å²) in [5.74, 6) is -0.337. The monoisotopic (exact) mass is 401 g/mol. The van der Waals surface area contributed by atoms with E-state index in [4.69, 9.17) is 14.4 Å². The van der Waals surface area contributed by atoms with Crippen molar-refractivity contribution in [1.29, 1.82) is 0 Å². The molecule has 2 atom stereocenters. The summed E-state index contributed by atoms with van der Waals surface area (Å²) in [5, 5.41) is 2.70. The average molecular weight is 401 g/mol. The predicted molar refractivity (Wildman–Crippen MR) is 102 cm³/mol. The highest BCUT2D eigenvalue weighted by molar-refractivity contribution is 5.82. The van der Waals surface area contributed by atoms with Gasteiger partial charge in [-0.25, -0.2) is 20.0 Å². The Balaban J connectivity index is 1.50. The molecule has 0 bridgehead atoms. The molecule has 0 aromatic heterocycles. The molecule has 29 heavy (non-hydrogen) atoms. The van der Waals surface area contributed by atoms with Gasteiger partial charge in [0.15, 0.2) is 6.79 Å². The van der Waals surface area contributed by atoms with Crippen LogP contribution in [0.3, 0.4) is 0 Å². The van der Waals surface area contributed by atoms with Gasteiger partial charge in [-0.3, -0.25) is 10.2 Å². The van der Waals surface area contributed by atoms with Gasteiger partial charge in [-0.15, -0.1) is 0 Å². The fraction of sp³-hybridized carbons (Fsp3) is 0.300. The second kappa shape index (κ2) is 11.1. The molecule has 9 heteroatoms. The maximum atomic E-state index is 12.6. The zero-order valence-electron chi connectivity index (χ0n) is 15.7. The summed E-state index contributed by atoms with van der Waals surface area (Å²) >= 11 is 0. The summed E-state index contributed by atoms with van der Waals surface area (Å²) in [4.78, 5) is 34.0. The van der Waals surface area contributed by atoms with E-state index in [1.165, 1.54) is 0 Å². The lowest BCUT2D eigenvalue weighted by Gasteiger charge is -2.19. The molecule has 2 aromatic carbocycles. The molecule has 1 saturated heterocycles. The number of rotatable bonds is 9. The van der Waals surface area contributed by atoms with E-state index in [1.54, 1.807) is 0 Å². The lowest BCUT2D eigenvalue weighted by molar-refractivity contribution is -0.275. The molecule has 1 aliphatic rings. The van der Waals surface area contributed by atoms with Gasteiger partial charge in [0.2, 0.25) is 12.2 Å². The number of benzene rings is 2. The van der Waals surface area contributed by atoms with E-state index in [-0.39, 0.29) is 25.9 Å². The summed E-state index contributed by atoms with van der Waals surface area (Å²) < 4.78 is 10.3. The maximum Gasteiger partial charge on any atom is 0.421 e. The van der Waals surface area contributed by atoms with Crippen molar-refractivity contribution in [3.63, 3.8) is 0 Å². The molecule has 3 rings (SSSR count). The van der Waals surface area contributed by atoms with Crippen LogP contribution in [-0.4, -0.2) is 37.7 Å². The summed E-state index contributed by atoms with van der Waals surface area (Å²) in [5.41, 5.74) is 6.94. The summed E-state index contributed by atoms with van der Waals surface area (Å²) in [6.45, 7) is 0.256. The molecule has 2 aromatic rings. The molecule has 9 nitrogen and oxygen atoms in total. The Labute approximate surface area is 168 Å². The highest BCUT2D eigenvalue weighted by Gasteiger charge is 2.23. The third-order valence-corrected chi connectivity index (χ3v) is 4.08. The minimum absolute atomic E-state index is 0.0149. The Morgan fingerprint density at radius 2 is 1.72 bits per heavy atom. The van der Waals surface area contributed by atoms with Crippen molar-refractivity contribution >= 4 is 12.0 Å². The third kappa shape index (κ3) is 7.16. The minimum Gasteiger partial charge on any atom is -0.444 e. The van der Waals surface area contributed by atoms with Crippen LogP contribution >= 0.6 is 0 Å². The highest BCUT2D eigenvalue weighted by Crippen LogP contribution is 2.06. The minimum atomic E-state index is -0.732. The van der Waals surface area contributed by atoms with E-state index < -0.39 is 18.4 Å². The molecule has 3 N–H and O–H groups in total. The fourth-order valence-corrected chi connectivity index (χ4v) is 2.60. The fourth-order valence-electron chi connectivity index (χ4n) is 2.60. The topological polar surface area (TPSA) is 107 Å². The number of hydrazine groups is 1. The zero-order chi connectivity index (χ0) is 20.3. The van der Waals surface area contributed by atoms with Crippen LogP contribution in [0.2, 0.25) is 0 Å². The Hall–Kier alpha value is -2.98. The van der Waals surface area contributed by atoms with Gasteiger partial charge >= 0.3 is 6.09 Å². The van der Waals surface area contributed by atoms with Crippen molar-refractivity contribution in [2.24, 2.45) is 0 Å². The van der Waals surface area contributed by atoms with Crippen molar-refractivity contribution in [3.05, 3.63) is 71.8 Å². The molecule has 1 aliphatic heterocycles. The van der Waals surface area contributed by atoms with Crippen LogP contribution in [0.5, 0.6) is 0 Å². The molecule has 0 spiro atoms. The number of carbonyl (C=O) groups is 2. The lowest BCUT2D eigenvalue weighted by atomic mass is 10.1. The average Bonchev–Trinajstić information content (AvgIpc) is 3.28. The Morgan fingerprint density at radius 1 is 1.03 bits per heavy atom. The molecule has 1 unspecified atom stereocenters. The maximum absolute atomic E-state index is 12.6. The van der Waals surface area contributed by atoms with Gasteiger partial charge in [-0.2, -0.15) is 0 Å². The van der Waals surface area contributed by atoms with E-state index in [9.17, 15) is 9.59 Å². The Kier molecular flexibility index (Phi) is 7.96. The molecular weight excluding hydrogens is 378 g/mol. The molecule has 0 aliphatic carbocycles. The number of hydrogen-bond acceptors (Lipinski definition) is 7. The number of hydrogen-bond donors (Lipinski definition) is 3. The molecule has 154 valence electrons. The Bertz CT molecular complexity index is 768. The lowest BCUT2D eigenvalue weighted by Crippen LogP contribution is -2.53. The van der Waals surface area contributed by atoms with Gasteiger partial charge in [0.25, 0.3) is 0 Å². The standard InChI is InChI=1S/C20H23N3O6/c24-19(21-12-18-27-14-28-29-18)17(11-15-7-3-1-4-8-15)22-23-20(25)26-13-16-9-5-2-6-10-16/h1-10,17-18,22H,11-14H2,(H,21,24)(H,23,25)/t17-,18?/m0/s1. The van der Waals surface area contributed by atoms with Crippen molar-refractivity contribution in [1.82, 2.24) is 16.2 Å². The van der Waals surface area contributed by atoms with Crippen LogP contribution in [0.25, 0.3) is 0 Å². The molecule has 0 saturated carbocycles. The van der Waals surface area contributed by atoms with E-state index in [2.05, 4.69) is 21.1 Å². The normalized spacial score (nSPS) is 16.8. The Morgan fingerprint density at radius 3 is 2.38 bits per heavy atom. The van der Waals surface area contributed by atoms with Crippen LogP contribution in [-0.2, 0) is 37.1 Å². The van der Waals surface area contributed by atoms with Crippen molar-refractivity contribution in [2.75, 3.05) is 13.3 Å². The smallest absolute Gasteiger partial charge is 0.421 e. The van der Waals surface area contributed by atoms with Crippen LogP contribution in [0.4, 0.5) is 4.79 Å². The summed E-state index contributed by atoms with van der Waals surface area (Å²) in [6.07, 6.45) is -0.996. The van der Waals surface area contributed by atoms with Crippen LogP contribution in [0.1, 0.15) is 11.1 Å². The van der Waals surface area contributed by atoms with Gasteiger partial charge < -0.3 is 14.8 Å². The van der Waals surface area contributed by atoms with Crippen LogP contribution in [0.15, 0.2) is 60.7 Å². The number of ether oxygens (including phenoxy) is 2. The van der Waals surface area contributed by atoms with Gasteiger partial charge in [-0.1, -0.05) is 60.7 Å². The van der Waals surface area contributed by atoms with E-state index in [0.29, 0.717) is 6.42 Å². The first kappa shape index (κ1) is 20.7. The SMILES string of the molecule is O=C(NN[C@@H](Cc1ccccc1)C(=O)NCC1OCOO1)OCc1ccccc1. The van der Waals surface area contributed by atoms with Gasteiger partial charge in [0.1, 0.15) is 12.6 Å². The van der Waals surface area contributed by atoms with E-state index in [1.807, 2.05) is 60.7 Å². The van der Waals surface area contributed by atoms with Gasteiger partial charge in [-0.05, 0) is 17.5 Å². The first-order valence-electron chi connectivity index (χ1n) is 9.14. The summed E-state index contributed by atoms with van der Waals surface area (Å²) in [6, 6.07) is 18.0. The third-order valence-electron chi connectivity index (χ3n) is 4.08. The molecule has 1 fully saturated rings. The largest absolute Gasteiger partial charge is 0.444 e. The van der Waals surface area contributed by atoms with Crippen LogP contribution in [0, 0.1) is 0 Å². The predicted octanol–water partition coefficient (Wildman–Crippen LogP) is 1.41. The quantitative estimate of drug-likeness (QED) is 0.431. The summed E-state index contributed by atoms with van der Waals surface area (Å²) in [7, 11) is 0. The molecule has 1 heterocycles. The van der Waals surface area contributed by atoms with E-state index in [0.717, 1.165) is 11.1 Å². The number of amides is 2.